The van der Waals surface area contributed by atoms with Crippen LogP contribution in [0.5, 0.6) is 0 Å². The molecule has 4 N–H and O–H groups in total. The Kier molecular flexibility index (Phi) is 6.89. The summed E-state index contributed by atoms with van der Waals surface area (Å²) in [6.07, 6.45) is -3.71. The number of benzene rings is 2. The highest BCUT2D eigenvalue weighted by Gasteiger charge is 2.31. The molecular weight excluding hydrogens is 332 g/mol. The lowest BCUT2D eigenvalue weighted by atomic mass is 10.1. The Morgan fingerprint density at radius 2 is 1.00 bits per heavy atom. The molecule has 0 bridgehead atoms. The number of carbonyl (C=O) groups is 2. The van der Waals surface area contributed by atoms with Gasteiger partial charge in [-0.15, -0.1) is 0 Å². The molecule has 0 aliphatic rings. The van der Waals surface area contributed by atoms with Gasteiger partial charge in [0.25, 0.3) is 11.8 Å². The SMILES string of the molecule is C[C@@H](NC(=O)[C@@H](O)[C@H](O)C(=O)N[C@H](C)c1ccccc1)c1ccccc1. The third kappa shape index (κ3) is 5.15. The molecule has 0 spiro atoms. The molecule has 6 nitrogen and oxygen atoms in total. The largest absolute Gasteiger partial charge is 0.380 e. The van der Waals surface area contributed by atoms with Crippen molar-refractivity contribution in [2.75, 3.05) is 0 Å². The Morgan fingerprint density at radius 1 is 0.692 bits per heavy atom. The summed E-state index contributed by atoms with van der Waals surface area (Å²) < 4.78 is 0. The molecule has 0 saturated carbocycles. The maximum atomic E-state index is 12.1. The summed E-state index contributed by atoms with van der Waals surface area (Å²) >= 11 is 0. The second kappa shape index (κ2) is 9.12. The van der Waals surface area contributed by atoms with E-state index in [2.05, 4.69) is 10.6 Å². The van der Waals surface area contributed by atoms with Crippen molar-refractivity contribution >= 4 is 11.8 Å². The summed E-state index contributed by atoms with van der Waals surface area (Å²) in [6, 6.07) is 17.7. The van der Waals surface area contributed by atoms with Crippen LogP contribution in [0.2, 0.25) is 0 Å². The minimum absolute atomic E-state index is 0.364. The first-order valence-electron chi connectivity index (χ1n) is 8.47. The van der Waals surface area contributed by atoms with E-state index in [1.165, 1.54) is 0 Å². The van der Waals surface area contributed by atoms with Crippen LogP contribution in [0, 0.1) is 0 Å². The molecule has 2 aromatic carbocycles. The van der Waals surface area contributed by atoms with Gasteiger partial charge in [0.05, 0.1) is 12.1 Å². The number of carbonyl (C=O) groups excluding carboxylic acids is 2. The number of hydrogen-bond donors (Lipinski definition) is 4. The van der Waals surface area contributed by atoms with Crippen molar-refractivity contribution in [3.8, 4) is 0 Å². The van der Waals surface area contributed by atoms with Gasteiger partial charge in [-0.3, -0.25) is 9.59 Å². The van der Waals surface area contributed by atoms with Crippen LogP contribution in [0.3, 0.4) is 0 Å². The van der Waals surface area contributed by atoms with Gasteiger partial charge < -0.3 is 20.8 Å². The van der Waals surface area contributed by atoms with Crippen molar-refractivity contribution in [1.82, 2.24) is 10.6 Å². The van der Waals surface area contributed by atoms with Gasteiger partial charge >= 0.3 is 0 Å². The molecule has 0 aliphatic heterocycles. The van der Waals surface area contributed by atoms with Crippen molar-refractivity contribution in [3.63, 3.8) is 0 Å². The molecule has 138 valence electrons. The molecule has 6 heteroatoms. The van der Waals surface area contributed by atoms with Crippen molar-refractivity contribution < 1.29 is 19.8 Å². The fourth-order valence-electron chi connectivity index (χ4n) is 2.53. The van der Waals surface area contributed by atoms with Gasteiger partial charge in [0, 0.05) is 0 Å². The van der Waals surface area contributed by atoms with Gasteiger partial charge in [-0.05, 0) is 25.0 Å². The van der Waals surface area contributed by atoms with Crippen LogP contribution < -0.4 is 10.6 Å². The third-order valence-corrected chi connectivity index (χ3v) is 4.15. The number of aliphatic hydroxyl groups is 2. The van der Waals surface area contributed by atoms with E-state index in [-0.39, 0.29) is 12.1 Å². The van der Waals surface area contributed by atoms with E-state index in [0.717, 1.165) is 11.1 Å². The fraction of sp³-hybridized carbons (Fsp3) is 0.300. The fourth-order valence-corrected chi connectivity index (χ4v) is 2.53. The minimum Gasteiger partial charge on any atom is -0.380 e. The average Bonchev–Trinajstić information content (AvgIpc) is 2.67. The van der Waals surface area contributed by atoms with Crippen LogP contribution in [-0.4, -0.2) is 34.2 Å². The lowest BCUT2D eigenvalue weighted by Gasteiger charge is -2.22. The first kappa shape index (κ1) is 19.6. The Balaban J connectivity index is 1.91. The highest BCUT2D eigenvalue weighted by Crippen LogP contribution is 2.13. The number of aliphatic hydroxyl groups excluding tert-OH is 2. The monoisotopic (exact) mass is 356 g/mol. The molecule has 0 aliphatic carbocycles. The molecule has 0 heterocycles. The Morgan fingerprint density at radius 3 is 1.31 bits per heavy atom. The lowest BCUT2D eigenvalue weighted by Crippen LogP contribution is -2.50. The van der Waals surface area contributed by atoms with Crippen molar-refractivity contribution in [1.29, 1.82) is 0 Å². The molecule has 2 amide bonds. The summed E-state index contributed by atoms with van der Waals surface area (Å²) in [6.45, 7) is 3.51. The number of rotatable bonds is 7. The van der Waals surface area contributed by atoms with Gasteiger partial charge in [-0.1, -0.05) is 60.7 Å². The predicted molar refractivity (Wildman–Crippen MR) is 98.0 cm³/mol. The summed E-state index contributed by atoms with van der Waals surface area (Å²) in [4.78, 5) is 24.3. The summed E-state index contributed by atoms with van der Waals surface area (Å²) in [5.74, 6) is -1.62. The van der Waals surface area contributed by atoms with E-state index in [0.29, 0.717) is 0 Å². The van der Waals surface area contributed by atoms with Crippen LogP contribution in [-0.2, 0) is 9.59 Å². The smallest absolute Gasteiger partial charge is 0.252 e. The van der Waals surface area contributed by atoms with E-state index >= 15 is 0 Å². The van der Waals surface area contributed by atoms with Crippen LogP contribution in [0.1, 0.15) is 37.1 Å². The topological polar surface area (TPSA) is 98.7 Å². The van der Waals surface area contributed by atoms with Gasteiger partial charge in [0.2, 0.25) is 0 Å². The number of amides is 2. The van der Waals surface area contributed by atoms with E-state index in [1.807, 2.05) is 60.7 Å². The molecule has 0 aromatic heterocycles. The third-order valence-electron chi connectivity index (χ3n) is 4.15. The maximum absolute atomic E-state index is 12.1. The second-order valence-electron chi connectivity index (χ2n) is 6.17. The quantitative estimate of drug-likeness (QED) is 0.604. The number of hydrogen-bond acceptors (Lipinski definition) is 4. The minimum atomic E-state index is -1.86. The van der Waals surface area contributed by atoms with E-state index < -0.39 is 24.0 Å². The standard InChI is InChI=1S/C20H24N2O4/c1-13(15-9-5-3-6-10-15)21-19(25)17(23)18(24)20(26)22-14(2)16-11-7-4-8-12-16/h3-14,17-18,23-24H,1-2H3,(H,21,25)(H,22,26)/t13-,14-,17+,18+/m1/s1. The van der Waals surface area contributed by atoms with Gasteiger partial charge in [0.15, 0.2) is 12.2 Å². The van der Waals surface area contributed by atoms with Gasteiger partial charge in [-0.2, -0.15) is 0 Å². The molecule has 0 unspecified atom stereocenters. The maximum Gasteiger partial charge on any atom is 0.252 e. The van der Waals surface area contributed by atoms with Crippen LogP contribution in [0.15, 0.2) is 60.7 Å². The molecule has 0 fully saturated rings. The molecule has 2 rings (SSSR count). The van der Waals surface area contributed by atoms with Crippen LogP contribution >= 0.6 is 0 Å². The summed E-state index contributed by atoms with van der Waals surface area (Å²) in [5.41, 5.74) is 1.70. The normalized spacial score (nSPS) is 15.4. The molecule has 4 atom stereocenters. The van der Waals surface area contributed by atoms with E-state index in [9.17, 15) is 19.8 Å². The predicted octanol–water partition coefficient (Wildman–Crippen LogP) is 1.46. The zero-order valence-corrected chi connectivity index (χ0v) is 14.8. The molecule has 0 radical (unpaired) electrons. The average molecular weight is 356 g/mol. The second-order valence-corrected chi connectivity index (χ2v) is 6.17. The van der Waals surface area contributed by atoms with E-state index in [4.69, 9.17) is 0 Å². The van der Waals surface area contributed by atoms with Gasteiger partial charge in [-0.25, -0.2) is 0 Å². The highest BCUT2D eigenvalue weighted by atomic mass is 16.3. The van der Waals surface area contributed by atoms with Crippen molar-refractivity contribution in [3.05, 3.63) is 71.8 Å². The highest BCUT2D eigenvalue weighted by molar-refractivity contribution is 5.91. The first-order valence-corrected chi connectivity index (χ1v) is 8.47. The molecule has 2 aromatic rings. The van der Waals surface area contributed by atoms with Crippen molar-refractivity contribution in [2.24, 2.45) is 0 Å². The van der Waals surface area contributed by atoms with Crippen LogP contribution in [0.25, 0.3) is 0 Å². The zero-order chi connectivity index (χ0) is 19.1. The summed E-state index contributed by atoms with van der Waals surface area (Å²) in [7, 11) is 0. The van der Waals surface area contributed by atoms with Crippen LogP contribution in [0.4, 0.5) is 0 Å². The Hall–Kier alpha value is -2.70. The summed E-state index contributed by atoms with van der Waals surface area (Å²) in [5, 5.41) is 25.2. The molecular formula is C20H24N2O4. The number of nitrogens with one attached hydrogen (secondary N) is 2. The Bertz CT molecular complexity index is 658. The lowest BCUT2D eigenvalue weighted by molar-refractivity contribution is -0.146. The molecule has 26 heavy (non-hydrogen) atoms. The zero-order valence-electron chi connectivity index (χ0n) is 14.8. The van der Waals surface area contributed by atoms with Gasteiger partial charge in [0.1, 0.15) is 0 Å². The Labute approximate surface area is 152 Å². The van der Waals surface area contributed by atoms with Crippen molar-refractivity contribution in [2.45, 2.75) is 38.1 Å². The first-order chi connectivity index (χ1) is 12.4. The van der Waals surface area contributed by atoms with E-state index in [1.54, 1.807) is 13.8 Å². The molecule has 0 saturated heterocycles.